The monoisotopic (exact) mass is 698 g/mol. The Morgan fingerprint density at radius 3 is 1.96 bits per heavy atom. The topological polar surface area (TPSA) is 149 Å². The van der Waals surface area contributed by atoms with Gasteiger partial charge in [0, 0.05) is 32.4 Å². The Balaban J connectivity index is 1.38. The summed E-state index contributed by atoms with van der Waals surface area (Å²) in [6.45, 7) is 8.02. The first-order chi connectivity index (χ1) is 23.4. The molecule has 10 nitrogen and oxygen atoms in total. The first kappa shape index (κ1) is 40.1. The number of hydrogen-bond donors (Lipinski definition) is 4. The highest BCUT2D eigenvalue weighted by atomic mass is 32.1. The number of aliphatic hydroxyl groups excluding tert-OH is 1. The summed E-state index contributed by atoms with van der Waals surface area (Å²) < 4.78 is 0. The van der Waals surface area contributed by atoms with Crippen LogP contribution in [-0.2, 0) is 25.7 Å². The molecule has 0 bridgehead atoms. The summed E-state index contributed by atoms with van der Waals surface area (Å²) in [6.07, 6.45) is 12.7. The molecule has 0 radical (unpaired) electrons. The third-order valence-electron chi connectivity index (χ3n) is 9.26. The molecule has 1 saturated heterocycles. The van der Waals surface area contributed by atoms with Crippen LogP contribution in [0.1, 0.15) is 128 Å². The predicted molar refractivity (Wildman–Crippen MR) is 194 cm³/mol. The molecule has 3 amide bonds. The predicted octanol–water partition coefficient (Wildman–Crippen LogP) is 6.77. The Bertz CT molecular complexity index is 1340. The maximum atomic E-state index is 13.8. The number of benzene rings is 1. The van der Waals surface area contributed by atoms with Crippen LogP contribution in [0.4, 0.5) is 0 Å². The number of hydrogen-bond acceptors (Lipinski definition) is 7. The lowest BCUT2D eigenvalue weighted by atomic mass is 9.85. The van der Waals surface area contributed by atoms with Crippen molar-refractivity contribution in [1.82, 2.24) is 20.5 Å². The van der Waals surface area contributed by atoms with Crippen LogP contribution in [0, 0.1) is 12.3 Å². The van der Waals surface area contributed by atoms with E-state index in [0.29, 0.717) is 13.0 Å². The maximum Gasteiger partial charge on any atom is 0.303 e. The molecule has 272 valence electrons. The molecule has 1 aliphatic rings. The molecule has 2 aromatic rings. The van der Waals surface area contributed by atoms with Gasteiger partial charge in [0.25, 0.3) is 0 Å². The van der Waals surface area contributed by atoms with Crippen molar-refractivity contribution in [1.29, 1.82) is 0 Å². The summed E-state index contributed by atoms with van der Waals surface area (Å²) in [4.78, 5) is 57.5. The Morgan fingerprint density at radius 1 is 0.898 bits per heavy atom. The van der Waals surface area contributed by atoms with Gasteiger partial charge in [-0.1, -0.05) is 109 Å². The van der Waals surface area contributed by atoms with Gasteiger partial charge in [-0.15, -0.1) is 11.3 Å². The van der Waals surface area contributed by atoms with E-state index in [4.69, 9.17) is 5.11 Å². The molecule has 3 atom stereocenters. The third-order valence-corrected chi connectivity index (χ3v) is 10.2. The SMILES string of the molecule is Cc1ncsc1-c1ccc(CNC(=O)[C@@H]2C[C@@H](O)CN2C(=O)[C@@H](NC(=O)CCCCCCCCCCCCCCC(=O)O)C(C)(C)C)cc1. The van der Waals surface area contributed by atoms with Gasteiger partial charge in [-0.3, -0.25) is 19.2 Å². The number of aliphatic carboxylic acids is 1. The van der Waals surface area contributed by atoms with Crippen LogP contribution >= 0.6 is 11.3 Å². The number of rotatable bonds is 21. The zero-order valence-corrected chi connectivity index (χ0v) is 30.8. The van der Waals surface area contributed by atoms with Gasteiger partial charge in [0.15, 0.2) is 0 Å². The summed E-state index contributed by atoms with van der Waals surface area (Å²) >= 11 is 1.59. The normalized spacial score (nSPS) is 16.8. The van der Waals surface area contributed by atoms with Crippen molar-refractivity contribution in [3.63, 3.8) is 0 Å². The van der Waals surface area contributed by atoms with Crippen molar-refractivity contribution in [2.75, 3.05) is 6.54 Å². The lowest BCUT2D eigenvalue weighted by molar-refractivity contribution is -0.144. The lowest BCUT2D eigenvalue weighted by Crippen LogP contribution is -2.57. The van der Waals surface area contributed by atoms with E-state index in [0.717, 1.165) is 66.6 Å². The number of nitrogens with one attached hydrogen (secondary N) is 2. The van der Waals surface area contributed by atoms with Crippen molar-refractivity contribution >= 4 is 35.0 Å². The first-order valence-corrected chi connectivity index (χ1v) is 19.0. The van der Waals surface area contributed by atoms with Crippen LogP contribution in [0.3, 0.4) is 0 Å². The second kappa shape index (κ2) is 20.4. The maximum absolute atomic E-state index is 13.8. The van der Waals surface area contributed by atoms with Gasteiger partial charge in [-0.05, 0) is 36.3 Å². The number of carboxylic acid groups (broad SMARTS) is 1. The second-order valence-corrected chi connectivity index (χ2v) is 15.4. The van der Waals surface area contributed by atoms with E-state index in [2.05, 4.69) is 15.6 Å². The Morgan fingerprint density at radius 2 is 1.45 bits per heavy atom. The molecule has 0 aliphatic carbocycles. The molecule has 4 N–H and O–H groups in total. The van der Waals surface area contributed by atoms with Gasteiger partial charge in [0.2, 0.25) is 17.7 Å². The van der Waals surface area contributed by atoms with E-state index in [1.807, 2.05) is 57.5 Å². The second-order valence-electron chi connectivity index (χ2n) is 14.6. The number of carbonyl (C=O) groups is 4. The number of β-amino-alcohol motifs (C(OH)–C–C–N with tert-alkyl or cyclic N) is 1. The van der Waals surface area contributed by atoms with Gasteiger partial charge >= 0.3 is 5.97 Å². The van der Waals surface area contributed by atoms with Crippen LogP contribution in [0.5, 0.6) is 0 Å². The number of unbranched alkanes of at least 4 members (excludes halogenated alkanes) is 11. The van der Waals surface area contributed by atoms with E-state index < -0.39 is 29.6 Å². The minimum Gasteiger partial charge on any atom is -0.481 e. The molecule has 0 spiro atoms. The number of aryl methyl sites for hydroxylation is 1. The molecule has 1 fully saturated rings. The third kappa shape index (κ3) is 13.8. The Hall–Kier alpha value is -3.31. The molecule has 2 heterocycles. The lowest BCUT2D eigenvalue weighted by Gasteiger charge is -2.35. The van der Waals surface area contributed by atoms with Crippen molar-refractivity contribution < 1.29 is 29.4 Å². The van der Waals surface area contributed by atoms with Gasteiger partial charge < -0.3 is 25.7 Å². The molecule has 11 heteroatoms. The number of carbonyl (C=O) groups excluding carboxylic acids is 3. The Labute approximate surface area is 296 Å². The molecule has 1 aromatic carbocycles. The average Bonchev–Trinajstić information content (AvgIpc) is 3.67. The van der Waals surface area contributed by atoms with E-state index >= 15 is 0 Å². The van der Waals surface area contributed by atoms with E-state index in [1.165, 1.54) is 37.0 Å². The number of aliphatic hydroxyl groups is 1. The standard InChI is InChI=1S/C38H58N4O6S/c1-27-34(49-26-40-27)29-21-19-28(20-22-29)24-39-36(47)31-23-30(43)25-42(31)37(48)35(38(2,3)4)41-32(44)17-15-13-11-9-7-5-6-8-10-12-14-16-18-33(45)46/h19-22,26,30-31,35,43H,5-18,23-25H2,1-4H3,(H,39,47)(H,41,44)(H,45,46)/t30-,31+,35-/m1/s1. The molecular formula is C38H58N4O6S. The van der Waals surface area contributed by atoms with Crippen LogP contribution in [0.25, 0.3) is 10.4 Å². The summed E-state index contributed by atoms with van der Waals surface area (Å²) in [7, 11) is 0. The van der Waals surface area contributed by atoms with E-state index in [1.54, 1.807) is 11.3 Å². The smallest absolute Gasteiger partial charge is 0.303 e. The number of aromatic nitrogens is 1. The fourth-order valence-corrected chi connectivity index (χ4v) is 7.15. The summed E-state index contributed by atoms with van der Waals surface area (Å²) in [5.74, 6) is -1.55. The van der Waals surface area contributed by atoms with Crippen LogP contribution in [0.15, 0.2) is 29.8 Å². The summed E-state index contributed by atoms with van der Waals surface area (Å²) in [6, 6.07) is 6.31. The van der Waals surface area contributed by atoms with Gasteiger partial charge in [0.1, 0.15) is 12.1 Å². The fourth-order valence-electron chi connectivity index (χ4n) is 6.34. The fraction of sp³-hybridized carbons (Fsp3) is 0.658. The highest BCUT2D eigenvalue weighted by molar-refractivity contribution is 7.13. The van der Waals surface area contributed by atoms with Gasteiger partial charge in [0.05, 0.1) is 22.2 Å². The minimum absolute atomic E-state index is 0.0507. The quantitative estimate of drug-likeness (QED) is 0.105. The van der Waals surface area contributed by atoms with Crippen molar-refractivity contribution in [3.05, 3.63) is 41.0 Å². The van der Waals surface area contributed by atoms with E-state index in [-0.39, 0.29) is 37.1 Å². The van der Waals surface area contributed by atoms with Crippen molar-refractivity contribution in [2.45, 2.75) is 149 Å². The largest absolute Gasteiger partial charge is 0.481 e. The molecule has 49 heavy (non-hydrogen) atoms. The number of nitrogens with zero attached hydrogens (tertiary/aromatic N) is 2. The van der Waals surface area contributed by atoms with Crippen LogP contribution in [-0.4, -0.2) is 68.5 Å². The molecule has 0 unspecified atom stereocenters. The van der Waals surface area contributed by atoms with Crippen molar-refractivity contribution in [2.24, 2.45) is 5.41 Å². The average molecular weight is 699 g/mol. The van der Waals surface area contributed by atoms with Gasteiger partial charge in [-0.25, -0.2) is 4.98 Å². The highest BCUT2D eigenvalue weighted by Gasteiger charge is 2.44. The zero-order valence-electron chi connectivity index (χ0n) is 30.0. The zero-order chi connectivity index (χ0) is 35.8. The molecule has 1 aromatic heterocycles. The first-order valence-electron chi connectivity index (χ1n) is 18.1. The number of thiazole rings is 1. The van der Waals surface area contributed by atoms with Crippen LogP contribution < -0.4 is 10.6 Å². The van der Waals surface area contributed by atoms with E-state index in [9.17, 15) is 24.3 Å². The minimum atomic E-state index is -0.819. The molecule has 3 rings (SSSR count). The molecular weight excluding hydrogens is 641 g/mol. The molecule has 1 aliphatic heterocycles. The molecule has 0 saturated carbocycles. The Kier molecular flexibility index (Phi) is 16.7. The number of amides is 3. The van der Waals surface area contributed by atoms with Gasteiger partial charge in [-0.2, -0.15) is 0 Å². The number of carboxylic acids is 1. The highest BCUT2D eigenvalue weighted by Crippen LogP contribution is 2.28. The summed E-state index contributed by atoms with van der Waals surface area (Å²) in [5.41, 5.74) is 4.22. The number of likely N-dealkylation sites (tertiary alicyclic amines) is 1. The summed E-state index contributed by atoms with van der Waals surface area (Å²) in [5, 5.41) is 25.1. The van der Waals surface area contributed by atoms with Crippen LogP contribution in [0.2, 0.25) is 0 Å². The van der Waals surface area contributed by atoms with Crippen molar-refractivity contribution in [3.8, 4) is 10.4 Å².